The first kappa shape index (κ1) is 18.4. The van der Waals surface area contributed by atoms with Crippen molar-refractivity contribution in [2.75, 3.05) is 7.11 Å². The molecular weight excluding hydrogens is 365 g/mol. The van der Waals surface area contributed by atoms with Gasteiger partial charge in [0, 0.05) is 15.4 Å². The highest BCUT2D eigenvalue weighted by Crippen LogP contribution is 2.42. The van der Waals surface area contributed by atoms with E-state index >= 15 is 0 Å². The zero-order valence-corrected chi connectivity index (χ0v) is 13.8. The minimum Gasteiger partial charge on any atom is -0.465 e. The number of carbonyl (C=O) groups excluding carboxylic acids is 2. The Morgan fingerprint density at radius 3 is 2.46 bits per heavy atom. The van der Waals surface area contributed by atoms with Gasteiger partial charge in [-0.25, -0.2) is 4.79 Å². The van der Waals surface area contributed by atoms with Crippen LogP contribution in [0.5, 0.6) is 0 Å². The number of benzene rings is 2. The van der Waals surface area contributed by atoms with E-state index in [1.54, 1.807) is 12.1 Å². The van der Waals surface area contributed by atoms with Crippen molar-refractivity contribution in [2.45, 2.75) is 16.0 Å². The predicted octanol–water partition coefficient (Wildman–Crippen LogP) is 5.11. The number of hydrogen-bond donors (Lipinski definition) is 0. The van der Waals surface area contributed by atoms with Crippen LogP contribution in [0.2, 0.25) is 5.02 Å². The fourth-order valence-corrected chi connectivity index (χ4v) is 3.33. The first-order valence-corrected chi connectivity index (χ1v) is 7.69. The third-order valence-electron chi connectivity index (χ3n) is 3.08. The number of ether oxygens (including phenoxy) is 1. The van der Waals surface area contributed by atoms with Crippen molar-refractivity contribution >= 4 is 35.6 Å². The zero-order valence-electron chi connectivity index (χ0n) is 12.2. The van der Waals surface area contributed by atoms with Gasteiger partial charge in [0.2, 0.25) is 0 Å². The minimum atomic E-state index is -4.70. The number of halogens is 4. The molecule has 2 aromatic rings. The molecule has 0 aliphatic rings. The fourth-order valence-electron chi connectivity index (χ4n) is 1.99. The predicted molar refractivity (Wildman–Crippen MR) is 83.7 cm³/mol. The van der Waals surface area contributed by atoms with Crippen LogP contribution >= 0.6 is 23.4 Å². The van der Waals surface area contributed by atoms with Crippen LogP contribution in [0.25, 0.3) is 0 Å². The summed E-state index contributed by atoms with van der Waals surface area (Å²) >= 11 is 6.78. The molecule has 24 heavy (non-hydrogen) atoms. The van der Waals surface area contributed by atoms with Crippen LogP contribution in [-0.4, -0.2) is 19.4 Å². The molecule has 2 rings (SSSR count). The summed E-state index contributed by atoms with van der Waals surface area (Å²) in [7, 11) is 1.19. The molecule has 0 amide bonds. The molecule has 0 radical (unpaired) electrons. The van der Waals surface area contributed by atoms with Gasteiger partial charge in [-0.1, -0.05) is 35.5 Å². The molecule has 0 heterocycles. The highest BCUT2D eigenvalue weighted by Gasteiger charge is 2.35. The molecule has 126 valence electrons. The molecule has 0 N–H and O–H groups in total. The van der Waals surface area contributed by atoms with Crippen molar-refractivity contribution in [2.24, 2.45) is 0 Å². The molecule has 0 unspecified atom stereocenters. The van der Waals surface area contributed by atoms with Gasteiger partial charge in [-0.3, -0.25) is 4.79 Å². The molecule has 0 fully saturated rings. The standard InChI is InChI=1S/C16H10ClF3O3S/c1-23-15(22)9-4-2-3-5-13(9)24-14-10(8-21)11(16(18,19)20)6-7-12(14)17/h2-8H,1H3. The molecular formula is C16H10ClF3O3S. The highest BCUT2D eigenvalue weighted by molar-refractivity contribution is 7.99. The van der Waals surface area contributed by atoms with E-state index < -0.39 is 23.3 Å². The van der Waals surface area contributed by atoms with Crippen LogP contribution < -0.4 is 0 Å². The summed E-state index contributed by atoms with van der Waals surface area (Å²) < 4.78 is 43.8. The Labute approximate surface area is 144 Å². The van der Waals surface area contributed by atoms with Crippen molar-refractivity contribution in [1.29, 1.82) is 0 Å². The summed E-state index contributed by atoms with van der Waals surface area (Å²) in [6, 6.07) is 8.02. The Bertz CT molecular complexity index is 791. The number of methoxy groups -OCH3 is 1. The van der Waals surface area contributed by atoms with Gasteiger partial charge in [0.05, 0.1) is 23.3 Å². The van der Waals surface area contributed by atoms with E-state index in [1.807, 2.05) is 0 Å². The van der Waals surface area contributed by atoms with Crippen molar-refractivity contribution in [1.82, 2.24) is 0 Å². The second-order valence-electron chi connectivity index (χ2n) is 4.54. The normalized spacial score (nSPS) is 11.2. The fraction of sp³-hybridized carbons (Fsp3) is 0.125. The van der Waals surface area contributed by atoms with E-state index in [4.69, 9.17) is 11.6 Å². The van der Waals surface area contributed by atoms with Gasteiger partial charge in [0.25, 0.3) is 0 Å². The first-order valence-electron chi connectivity index (χ1n) is 6.49. The highest BCUT2D eigenvalue weighted by atomic mass is 35.5. The average Bonchev–Trinajstić information content (AvgIpc) is 2.55. The largest absolute Gasteiger partial charge is 0.465 e. The summed E-state index contributed by atoms with van der Waals surface area (Å²) in [4.78, 5) is 23.3. The molecule has 0 bridgehead atoms. The Kier molecular flexibility index (Phi) is 5.56. The van der Waals surface area contributed by atoms with Crippen LogP contribution in [0, 0.1) is 0 Å². The lowest BCUT2D eigenvalue weighted by Gasteiger charge is -2.15. The molecule has 8 heteroatoms. The lowest BCUT2D eigenvalue weighted by molar-refractivity contribution is -0.138. The molecule has 0 spiro atoms. The lowest BCUT2D eigenvalue weighted by atomic mass is 10.1. The summed E-state index contributed by atoms with van der Waals surface area (Å²) in [5.74, 6) is -0.645. The molecule has 0 saturated carbocycles. The SMILES string of the molecule is COC(=O)c1ccccc1Sc1c(Cl)ccc(C(F)(F)F)c1C=O. The zero-order chi connectivity index (χ0) is 17.9. The second-order valence-corrected chi connectivity index (χ2v) is 6.00. The van der Waals surface area contributed by atoms with E-state index in [2.05, 4.69) is 4.74 Å². The maximum absolute atomic E-state index is 13.1. The average molecular weight is 375 g/mol. The Hall–Kier alpha value is -1.99. The number of aldehydes is 1. The van der Waals surface area contributed by atoms with Gasteiger partial charge in [0.15, 0.2) is 6.29 Å². The molecule has 0 aliphatic carbocycles. The molecule has 0 saturated heterocycles. The summed E-state index contributed by atoms with van der Waals surface area (Å²) in [6.07, 6.45) is -4.59. The van der Waals surface area contributed by atoms with Crippen molar-refractivity contribution < 1.29 is 27.5 Å². The Balaban J connectivity index is 2.59. The quantitative estimate of drug-likeness (QED) is 0.551. The van der Waals surface area contributed by atoms with E-state index in [0.29, 0.717) is 4.90 Å². The van der Waals surface area contributed by atoms with Crippen LogP contribution in [0.1, 0.15) is 26.3 Å². The first-order chi connectivity index (χ1) is 11.3. The van der Waals surface area contributed by atoms with Gasteiger partial charge < -0.3 is 4.74 Å². The van der Waals surface area contributed by atoms with Gasteiger partial charge >= 0.3 is 12.1 Å². The third-order valence-corrected chi connectivity index (χ3v) is 4.72. The van der Waals surface area contributed by atoms with Crippen molar-refractivity contribution in [3.8, 4) is 0 Å². The number of hydrogen-bond acceptors (Lipinski definition) is 4. The molecule has 0 aliphatic heterocycles. The van der Waals surface area contributed by atoms with Gasteiger partial charge in [-0.2, -0.15) is 13.2 Å². The second kappa shape index (κ2) is 7.27. The minimum absolute atomic E-state index is 0.0187. The summed E-state index contributed by atoms with van der Waals surface area (Å²) in [5.41, 5.74) is -1.49. The third kappa shape index (κ3) is 3.73. The van der Waals surface area contributed by atoms with Crippen LogP contribution in [0.3, 0.4) is 0 Å². The number of esters is 1. The Morgan fingerprint density at radius 1 is 1.21 bits per heavy atom. The summed E-state index contributed by atoms with van der Waals surface area (Å²) in [5, 5.41) is -0.0187. The van der Waals surface area contributed by atoms with Gasteiger partial charge in [-0.15, -0.1) is 0 Å². The van der Waals surface area contributed by atoms with Crippen LogP contribution in [0.4, 0.5) is 13.2 Å². The number of rotatable bonds is 4. The maximum atomic E-state index is 13.1. The lowest BCUT2D eigenvalue weighted by Crippen LogP contribution is -2.10. The molecule has 0 atom stereocenters. The van der Waals surface area contributed by atoms with Crippen molar-refractivity contribution in [3.63, 3.8) is 0 Å². The molecule has 2 aromatic carbocycles. The maximum Gasteiger partial charge on any atom is 0.417 e. The molecule has 3 nitrogen and oxygen atoms in total. The van der Waals surface area contributed by atoms with Crippen LogP contribution in [-0.2, 0) is 10.9 Å². The van der Waals surface area contributed by atoms with Gasteiger partial charge in [-0.05, 0) is 24.3 Å². The van der Waals surface area contributed by atoms with Crippen molar-refractivity contribution in [3.05, 3.63) is 58.1 Å². The van der Waals surface area contributed by atoms with Gasteiger partial charge in [0.1, 0.15) is 0 Å². The van der Waals surface area contributed by atoms with E-state index in [1.165, 1.54) is 19.2 Å². The monoisotopic (exact) mass is 374 g/mol. The Morgan fingerprint density at radius 2 is 1.88 bits per heavy atom. The van der Waals surface area contributed by atoms with E-state index in [9.17, 15) is 22.8 Å². The van der Waals surface area contributed by atoms with E-state index in [0.717, 1.165) is 23.9 Å². The van der Waals surface area contributed by atoms with Crippen LogP contribution in [0.15, 0.2) is 46.2 Å². The number of alkyl halides is 3. The number of carbonyl (C=O) groups is 2. The smallest absolute Gasteiger partial charge is 0.417 e. The molecule has 0 aromatic heterocycles. The summed E-state index contributed by atoms with van der Waals surface area (Å²) in [6.45, 7) is 0. The van der Waals surface area contributed by atoms with E-state index in [-0.39, 0.29) is 21.8 Å². The topological polar surface area (TPSA) is 43.4 Å².